The van der Waals surface area contributed by atoms with E-state index in [1.807, 2.05) is 0 Å². The number of benzene rings is 1. The number of aromatic amines is 1. The zero-order valence-corrected chi connectivity index (χ0v) is 11.7. The maximum absolute atomic E-state index is 12.5. The lowest BCUT2D eigenvalue weighted by Gasteiger charge is -2.18. The van der Waals surface area contributed by atoms with Gasteiger partial charge >= 0.3 is 5.51 Å². The summed E-state index contributed by atoms with van der Waals surface area (Å²) in [5.41, 5.74) is -4.44. The summed E-state index contributed by atoms with van der Waals surface area (Å²) in [7, 11) is 1.49. The van der Waals surface area contributed by atoms with Gasteiger partial charge in [-0.1, -0.05) is 12.1 Å². The molecular weight excluding hydrogens is 305 g/mol. The molecule has 0 fully saturated rings. The highest BCUT2D eigenvalue weighted by Gasteiger charge is 2.31. The Kier molecular flexibility index (Phi) is 4.51. The highest BCUT2D eigenvalue weighted by molar-refractivity contribution is 8.00. The van der Waals surface area contributed by atoms with Crippen molar-refractivity contribution < 1.29 is 18.0 Å². The zero-order chi connectivity index (χ0) is 15.5. The van der Waals surface area contributed by atoms with Gasteiger partial charge in [0.15, 0.2) is 0 Å². The Morgan fingerprint density at radius 1 is 1.38 bits per heavy atom. The first-order valence-corrected chi connectivity index (χ1v) is 6.63. The third kappa shape index (κ3) is 4.22. The Hall–Kier alpha value is -2.03. The summed E-state index contributed by atoms with van der Waals surface area (Å²) in [5, 5.41) is 6.23. The van der Waals surface area contributed by atoms with Gasteiger partial charge in [0.05, 0.1) is 12.1 Å². The van der Waals surface area contributed by atoms with Crippen LogP contribution in [0.1, 0.15) is 16.2 Å². The molecule has 0 spiro atoms. The monoisotopic (exact) mass is 316 g/mol. The largest absolute Gasteiger partial charge is 0.446 e. The second kappa shape index (κ2) is 6.17. The molecule has 0 bridgehead atoms. The van der Waals surface area contributed by atoms with Crippen LogP contribution in [-0.2, 0) is 6.54 Å². The molecule has 112 valence electrons. The molecule has 0 saturated heterocycles. The van der Waals surface area contributed by atoms with Crippen LogP contribution < -0.4 is 0 Å². The molecule has 1 aromatic carbocycles. The number of H-pyrrole nitrogens is 1. The van der Waals surface area contributed by atoms with Crippen molar-refractivity contribution in [3.8, 4) is 0 Å². The van der Waals surface area contributed by atoms with Crippen LogP contribution in [0.2, 0.25) is 0 Å². The van der Waals surface area contributed by atoms with Crippen LogP contribution in [0.3, 0.4) is 0 Å². The molecule has 0 aliphatic rings. The fraction of sp³-hybridized carbons (Fsp3) is 0.250. The van der Waals surface area contributed by atoms with Crippen molar-refractivity contribution in [2.75, 3.05) is 7.05 Å². The summed E-state index contributed by atoms with van der Waals surface area (Å²) in [6.45, 7) is 0.129. The van der Waals surface area contributed by atoms with Gasteiger partial charge in [0.2, 0.25) is 0 Å². The maximum atomic E-state index is 12.5. The van der Waals surface area contributed by atoms with Gasteiger partial charge < -0.3 is 4.90 Å². The molecule has 1 aromatic heterocycles. The summed E-state index contributed by atoms with van der Waals surface area (Å²) in [6.07, 6.45) is 1.29. The van der Waals surface area contributed by atoms with E-state index in [-0.39, 0.29) is 28.8 Å². The van der Waals surface area contributed by atoms with Crippen molar-refractivity contribution in [1.82, 2.24) is 20.1 Å². The molecule has 0 aliphatic carbocycles. The number of aromatic nitrogens is 3. The van der Waals surface area contributed by atoms with Crippen molar-refractivity contribution >= 4 is 17.7 Å². The Balaban J connectivity index is 2.18. The molecule has 5 nitrogen and oxygen atoms in total. The lowest BCUT2D eigenvalue weighted by Crippen LogP contribution is -2.27. The van der Waals surface area contributed by atoms with Crippen LogP contribution in [0, 0.1) is 0 Å². The first-order valence-electron chi connectivity index (χ1n) is 5.81. The average Bonchev–Trinajstić information content (AvgIpc) is 2.89. The Bertz CT molecular complexity index is 615. The smallest absolute Gasteiger partial charge is 0.334 e. The van der Waals surface area contributed by atoms with Gasteiger partial charge in [-0.15, -0.1) is 0 Å². The van der Waals surface area contributed by atoms with E-state index in [1.165, 1.54) is 42.5 Å². The number of thioether (sulfide) groups is 1. The van der Waals surface area contributed by atoms with E-state index >= 15 is 0 Å². The van der Waals surface area contributed by atoms with Gasteiger partial charge in [-0.25, -0.2) is 4.98 Å². The van der Waals surface area contributed by atoms with Crippen molar-refractivity contribution in [1.29, 1.82) is 0 Å². The van der Waals surface area contributed by atoms with Crippen LogP contribution in [-0.4, -0.2) is 38.5 Å². The molecule has 2 rings (SSSR count). The zero-order valence-electron chi connectivity index (χ0n) is 10.9. The van der Waals surface area contributed by atoms with E-state index < -0.39 is 11.4 Å². The number of carbonyl (C=O) groups excluding carboxylic acids is 1. The SMILES string of the molecule is CN(Cc1ncn[nH]1)C(=O)c1ccccc1SC(F)(F)F. The van der Waals surface area contributed by atoms with Gasteiger partial charge in [-0.3, -0.25) is 9.89 Å². The molecule has 1 N–H and O–H groups in total. The molecule has 2 aromatic rings. The van der Waals surface area contributed by atoms with Crippen molar-refractivity contribution in [3.63, 3.8) is 0 Å². The van der Waals surface area contributed by atoms with E-state index in [0.717, 1.165) is 0 Å². The minimum Gasteiger partial charge on any atom is -0.334 e. The maximum Gasteiger partial charge on any atom is 0.446 e. The Morgan fingerprint density at radius 2 is 2.10 bits per heavy atom. The first kappa shape index (κ1) is 15.4. The molecule has 0 unspecified atom stereocenters. The first-order chi connectivity index (χ1) is 9.87. The second-order valence-corrected chi connectivity index (χ2v) is 5.24. The van der Waals surface area contributed by atoms with E-state index in [9.17, 15) is 18.0 Å². The summed E-state index contributed by atoms with van der Waals surface area (Å²) in [6, 6.07) is 5.62. The number of hydrogen-bond donors (Lipinski definition) is 1. The number of nitrogens with one attached hydrogen (secondary N) is 1. The molecule has 0 radical (unpaired) electrons. The van der Waals surface area contributed by atoms with E-state index in [4.69, 9.17) is 0 Å². The van der Waals surface area contributed by atoms with Gasteiger partial charge in [0, 0.05) is 11.9 Å². The third-order valence-electron chi connectivity index (χ3n) is 2.54. The standard InChI is InChI=1S/C12H11F3N4OS/c1-19(6-10-16-7-17-18-10)11(20)8-4-2-3-5-9(8)21-12(13,14)15/h2-5,7H,6H2,1H3,(H,16,17,18). The third-order valence-corrected chi connectivity index (χ3v) is 3.35. The molecule has 21 heavy (non-hydrogen) atoms. The quantitative estimate of drug-likeness (QED) is 0.881. The molecular formula is C12H11F3N4OS. The fourth-order valence-corrected chi connectivity index (χ4v) is 2.33. The number of rotatable bonds is 4. The van der Waals surface area contributed by atoms with Gasteiger partial charge in [-0.2, -0.15) is 18.3 Å². The molecule has 1 amide bonds. The van der Waals surface area contributed by atoms with Crippen molar-refractivity contribution in [3.05, 3.63) is 42.0 Å². The average molecular weight is 316 g/mol. The molecule has 1 heterocycles. The van der Waals surface area contributed by atoms with Crippen molar-refractivity contribution in [2.24, 2.45) is 0 Å². The van der Waals surface area contributed by atoms with Crippen LogP contribution in [0.15, 0.2) is 35.5 Å². The normalized spacial score (nSPS) is 11.4. The second-order valence-electron chi connectivity index (χ2n) is 4.14. The van der Waals surface area contributed by atoms with Crippen LogP contribution in [0.5, 0.6) is 0 Å². The predicted molar refractivity (Wildman–Crippen MR) is 70.5 cm³/mol. The molecule has 0 atom stereocenters. The van der Waals surface area contributed by atoms with Gasteiger partial charge in [-0.05, 0) is 23.9 Å². The van der Waals surface area contributed by atoms with Gasteiger partial charge in [0.1, 0.15) is 12.2 Å². The number of hydrogen-bond acceptors (Lipinski definition) is 4. The van der Waals surface area contributed by atoms with Crippen LogP contribution in [0.4, 0.5) is 13.2 Å². The Morgan fingerprint density at radius 3 is 2.71 bits per heavy atom. The highest BCUT2D eigenvalue weighted by atomic mass is 32.2. The number of halogens is 3. The predicted octanol–water partition coefficient (Wildman–Crippen LogP) is 2.69. The van der Waals surface area contributed by atoms with Crippen molar-refractivity contribution in [2.45, 2.75) is 16.9 Å². The molecule has 0 saturated carbocycles. The number of carbonyl (C=O) groups is 1. The minimum atomic E-state index is -4.44. The lowest BCUT2D eigenvalue weighted by atomic mass is 10.2. The van der Waals surface area contributed by atoms with Crippen LogP contribution in [0.25, 0.3) is 0 Å². The summed E-state index contributed by atoms with van der Waals surface area (Å²) < 4.78 is 37.5. The van der Waals surface area contributed by atoms with E-state index in [2.05, 4.69) is 15.2 Å². The Labute approximate surface area is 122 Å². The van der Waals surface area contributed by atoms with E-state index in [0.29, 0.717) is 5.82 Å². The minimum absolute atomic E-state index is 0.00170. The lowest BCUT2D eigenvalue weighted by molar-refractivity contribution is -0.0328. The molecule has 0 aliphatic heterocycles. The van der Waals surface area contributed by atoms with Crippen LogP contribution >= 0.6 is 11.8 Å². The van der Waals surface area contributed by atoms with Gasteiger partial charge in [0.25, 0.3) is 5.91 Å². The molecule has 9 heteroatoms. The number of alkyl halides is 3. The summed E-state index contributed by atoms with van der Waals surface area (Å²) >= 11 is -0.302. The number of amides is 1. The topological polar surface area (TPSA) is 61.9 Å². The summed E-state index contributed by atoms with van der Waals surface area (Å²) in [5.74, 6) is -0.0643. The highest BCUT2D eigenvalue weighted by Crippen LogP contribution is 2.38. The summed E-state index contributed by atoms with van der Waals surface area (Å²) in [4.78, 5) is 17.3. The fourth-order valence-electron chi connectivity index (χ4n) is 1.67. The number of nitrogens with zero attached hydrogens (tertiary/aromatic N) is 3. The van der Waals surface area contributed by atoms with E-state index in [1.54, 1.807) is 0 Å².